The van der Waals surface area contributed by atoms with Gasteiger partial charge in [0, 0.05) is 5.39 Å². The molecule has 0 aliphatic carbocycles. The maximum Gasteiger partial charge on any atom is 0.234 e. The number of anilines is 1. The number of hydrogen-bond donors (Lipinski definition) is 1. The summed E-state index contributed by atoms with van der Waals surface area (Å²) in [5, 5.41) is 14.2. The van der Waals surface area contributed by atoms with Crippen LogP contribution in [-0.4, -0.2) is 16.6 Å². The lowest BCUT2D eigenvalue weighted by atomic mass is 10.1. The first-order valence-electron chi connectivity index (χ1n) is 8.11. The van der Waals surface area contributed by atoms with Crippen molar-refractivity contribution in [2.75, 3.05) is 11.1 Å². The number of nitrogens with zero attached hydrogens (tertiary/aromatic N) is 2. The molecule has 4 nitrogen and oxygen atoms in total. The number of nitrogens with one attached hydrogen (secondary N) is 1. The Morgan fingerprint density at radius 1 is 1.27 bits per heavy atom. The number of amides is 1. The second-order valence-corrected chi connectivity index (χ2v) is 7.02. The lowest BCUT2D eigenvalue weighted by Gasteiger charge is -2.08. The molecular formula is C20H16ClN3OS. The summed E-state index contributed by atoms with van der Waals surface area (Å²) >= 11 is 7.29. The molecule has 0 aliphatic heterocycles. The van der Waals surface area contributed by atoms with Crippen LogP contribution in [0.5, 0.6) is 0 Å². The van der Waals surface area contributed by atoms with Gasteiger partial charge < -0.3 is 5.32 Å². The average molecular weight is 382 g/mol. The van der Waals surface area contributed by atoms with Crippen molar-refractivity contribution in [1.29, 1.82) is 5.26 Å². The number of fused-ring (bicyclic) bond motifs is 1. The maximum atomic E-state index is 12.2. The smallest absolute Gasteiger partial charge is 0.234 e. The fourth-order valence-electron chi connectivity index (χ4n) is 2.50. The zero-order valence-electron chi connectivity index (χ0n) is 14.1. The van der Waals surface area contributed by atoms with E-state index >= 15 is 0 Å². The lowest BCUT2D eigenvalue weighted by molar-refractivity contribution is -0.113. The molecule has 0 saturated heterocycles. The number of hydrogen-bond acceptors (Lipinski definition) is 4. The standard InChI is InChI=1S/C20H16ClN3OS/c1-2-13-7-8-17-14(9-13)10-15(11-22)20(24-17)26-12-19(25)23-18-6-4-3-5-16(18)21/h3-10H,2,12H2,1H3,(H,23,25). The zero-order valence-corrected chi connectivity index (χ0v) is 15.7. The number of para-hydroxylation sites is 1. The number of aryl methyl sites for hydroxylation is 1. The summed E-state index contributed by atoms with van der Waals surface area (Å²) in [6.45, 7) is 2.08. The van der Waals surface area contributed by atoms with E-state index in [4.69, 9.17) is 11.6 Å². The quantitative estimate of drug-likeness (QED) is 0.628. The maximum absolute atomic E-state index is 12.2. The van der Waals surface area contributed by atoms with Gasteiger partial charge in [-0.3, -0.25) is 4.79 Å². The molecule has 130 valence electrons. The number of pyridine rings is 1. The minimum absolute atomic E-state index is 0.144. The molecule has 0 fully saturated rings. The molecule has 3 aromatic rings. The number of thioether (sulfide) groups is 1. The van der Waals surface area contributed by atoms with Gasteiger partial charge in [-0.05, 0) is 42.3 Å². The van der Waals surface area contributed by atoms with Crippen molar-refractivity contribution in [3.05, 3.63) is 64.7 Å². The van der Waals surface area contributed by atoms with Crippen molar-refractivity contribution in [3.8, 4) is 6.07 Å². The summed E-state index contributed by atoms with van der Waals surface area (Å²) in [5.74, 6) is -0.0546. The predicted octanol–water partition coefficient (Wildman–Crippen LogP) is 5.05. The van der Waals surface area contributed by atoms with Gasteiger partial charge in [0.2, 0.25) is 5.91 Å². The first-order chi connectivity index (χ1) is 12.6. The van der Waals surface area contributed by atoms with Gasteiger partial charge in [-0.2, -0.15) is 5.26 Å². The lowest BCUT2D eigenvalue weighted by Crippen LogP contribution is -2.14. The van der Waals surface area contributed by atoms with Gasteiger partial charge in [0.25, 0.3) is 0 Å². The van der Waals surface area contributed by atoms with Crippen LogP contribution in [0, 0.1) is 11.3 Å². The molecule has 26 heavy (non-hydrogen) atoms. The van der Waals surface area contributed by atoms with Crippen molar-refractivity contribution in [1.82, 2.24) is 4.98 Å². The first-order valence-corrected chi connectivity index (χ1v) is 9.48. The molecule has 0 aliphatic rings. The fourth-order valence-corrected chi connectivity index (χ4v) is 3.45. The van der Waals surface area contributed by atoms with E-state index in [0.717, 1.165) is 17.3 Å². The third kappa shape index (κ3) is 4.16. The highest BCUT2D eigenvalue weighted by Crippen LogP contribution is 2.26. The molecule has 0 spiro atoms. The highest BCUT2D eigenvalue weighted by Gasteiger charge is 2.11. The number of rotatable bonds is 5. The molecule has 2 aromatic carbocycles. The van der Waals surface area contributed by atoms with E-state index in [0.29, 0.717) is 21.3 Å². The second-order valence-electron chi connectivity index (χ2n) is 5.65. The van der Waals surface area contributed by atoms with Crippen LogP contribution >= 0.6 is 23.4 Å². The van der Waals surface area contributed by atoms with Crippen molar-refractivity contribution < 1.29 is 4.79 Å². The summed E-state index contributed by atoms with van der Waals surface area (Å²) in [6.07, 6.45) is 0.927. The van der Waals surface area contributed by atoms with Gasteiger partial charge in [0.05, 0.1) is 27.5 Å². The van der Waals surface area contributed by atoms with E-state index in [-0.39, 0.29) is 11.7 Å². The van der Waals surface area contributed by atoms with Gasteiger partial charge in [0.15, 0.2) is 0 Å². The number of halogens is 1. The second kappa shape index (κ2) is 8.22. The van der Waals surface area contributed by atoms with Crippen molar-refractivity contribution in [3.63, 3.8) is 0 Å². The summed E-state index contributed by atoms with van der Waals surface area (Å²) in [6, 6.07) is 17.1. The molecule has 0 unspecified atom stereocenters. The predicted molar refractivity (Wildman–Crippen MR) is 107 cm³/mol. The molecule has 0 saturated carbocycles. The van der Waals surface area contributed by atoms with Crippen LogP contribution in [-0.2, 0) is 11.2 Å². The zero-order chi connectivity index (χ0) is 18.5. The van der Waals surface area contributed by atoms with Crippen molar-refractivity contribution in [2.24, 2.45) is 0 Å². The van der Waals surface area contributed by atoms with E-state index < -0.39 is 0 Å². The number of benzene rings is 2. The normalized spacial score (nSPS) is 10.5. The van der Waals surface area contributed by atoms with Crippen LogP contribution in [0.1, 0.15) is 18.1 Å². The highest BCUT2D eigenvalue weighted by molar-refractivity contribution is 8.00. The van der Waals surface area contributed by atoms with Gasteiger partial charge in [-0.25, -0.2) is 4.98 Å². The van der Waals surface area contributed by atoms with Gasteiger partial charge in [0.1, 0.15) is 11.1 Å². The molecule has 6 heteroatoms. The van der Waals surface area contributed by atoms with Crippen LogP contribution in [0.25, 0.3) is 10.9 Å². The summed E-state index contributed by atoms with van der Waals surface area (Å²) in [5.41, 5.74) is 3.05. The molecule has 1 amide bonds. The fraction of sp³-hybridized carbons (Fsp3) is 0.150. The Morgan fingerprint density at radius 3 is 2.81 bits per heavy atom. The Balaban J connectivity index is 1.77. The largest absolute Gasteiger partial charge is 0.324 e. The molecule has 0 atom stereocenters. The van der Waals surface area contributed by atoms with Crippen LogP contribution in [0.15, 0.2) is 53.6 Å². The topological polar surface area (TPSA) is 65.8 Å². The highest BCUT2D eigenvalue weighted by atomic mass is 35.5. The van der Waals surface area contributed by atoms with E-state index in [9.17, 15) is 10.1 Å². The molecule has 1 aromatic heterocycles. The third-order valence-corrected chi connectivity index (χ3v) is 5.18. The molecule has 1 heterocycles. The average Bonchev–Trinajstić information content (AvgIpc) is 2.67. The van der Waals surface area contributed by atoms with Gasteiger partial charge in [-0.1, -0.05) is 48.5 Å². The van der Waals surface area contributed by atoms with E-state index in [1.54, 1.807) is 24.3 Å². The third-order valence-electron chi connectivity index (χ3n) is 3.86. The Labute approximate surface area is 161 Å². The summed E-state index contributed by atoms with van der Waals surface area (Å²) in [4.78, 5) is 16.7. The number of carbonyl (C=O) groups excluding carboxylic acids is 1. The SMILES string of the molecule is CCc1ccc2nc(SCC(=O)Nc3ccccc3Cl)c(C#N)cc2c1. The Kier molecular flexibility index (Phi) is 5.77. The van der Waals surface area contributed by atoms with E-state index in [1.165, 1.54) is 17.3 Å². The van der Waals surface area contributed by atoms with Crippen LogP contribution in [0.2, 0.25) is 5.02 Å². The minimum atomic E-state index is -0.199. The number of aromatic nitrogens is 1. The Morgan fingerprint density at radius 2 is 2.08 bits per heavy atom. The Bertz CT molecular complexity index is 1010. The molecule has 0 radical (unpaired) electrons. The summed E-state index contributed by atoms with van der Waals surface area (Å²) < 4.78 is 0. The van der Waals surface area contributed by atoms with Crippen molar-refractivity contribution >= 4 is 45.9 Å². The Hall–Kier alpha value is -2.55. The van der Waals surface area contributed by atoms with Crippen LogP contribution in [0.3, 0.4) is 0 Å². The van der Waals surface area contributed by atoms with Gasteiger partial charge in [-0.15, -0.1) is 0 Å². The first kappa shape index (κ1) is 18.2. The van der Waals surface area contributed by atoms with E-state index in [1.807, 2.05) is 24.3 Å². The van der Waals surface area contributed by atoms with Crippen molar-refractivity contribution in [2.45, 2.75) is 18.4 Å². The monoisotopic (exact) mass is 381 g/mol. The van der Waals surface area contributed by atoms with E-state index in [2.05, 4.69) is 23.3 Å². The minimum Gasteiger partial charge on any atom is -0.324 e. The summed E-state index contributed by atoms with van der Waals surface area (Å²) in [7, 11) is 0. The molecule has 3 rings (SSSR count). The molecule has 1 N–H and O–H groups in total. The molecule has 0 bridgehead atoms. The van der Waals surface area contributed by atoms with Crippen LogP contribution < -0.4 is 5.32 Å². The number of carbonyl (C=O) groups is 1. The van der Waals surface area contributed by atoms with Crippen LogP contribution in [0.4, 0.5) is 5.69 Å². The molecular weight excluding hydrogens is 366 g/mol. The van der Waals surface area contributed by atoms with Gasteiger partial charge >= 0.3 is 0 Å². The number of nitriles is 1.